The van der Waals surface area contributed by atoms with Gasteiger partial charge in [0.15, 0.2) is 23.3 Å². The Hall–Kier alpha value is -4.48. The molecule has 35 heavy (non-hydrogen) atoms. The summed E-state index contributed by atoms with van der Waals surface area (Å²) in [7, 11) is 1.85. The lowest BCUT2D eigenvalue weighted by Gasteiger charge is -2.35. The molecule has 1 unspecified atom stereocenters. The lowest BCUT2D eigenvalue weighted by Crippen LogP contribution is -2.33. The number of nitrogens with one attached hydrogen (secondary N) is 1. The first-order valence-corrected chi connectivity index (χ1v) is 11.0. The smallest absolute Gasteiger partial charge is 0.165 e. The van der Waals surface area contributed by atoms with Crippen LogP contribution in [-0.2, 0) is 7.05 Å². The fraction of sp³-hybridized carbons (Fsp3) is 0.217. The molecule has 0 aliphatic carbocycles. The normalized spacial score (nSPS) is 14.8. The van der Waals surface area contributed by atoms with E-state index in [1.165, 1.54) is 18.3 Å². The van der Waals surface area contributed by atoms with Crippen molar-refractivity contribution < 1.29 is 8.78 Å². The number of hydrogen-bond donors (Lipinski definition) is 1. The van der Waals surface area contributed by atoms with Crippen LogP contribution in [0, 0.1) is 18.6 Å². The van der Waals surface area contributed by atoms with Crippen molar-refractivity contribution in [3.05, 3.63) is 66.1 Å². The van der Waals surface area contributed by atoms with Gasteiger partial charge < -0.3 is 0 Å². The van der Waals surface area contributed by atoms with E-state index < -0.39 is 11.6 Å². The van der Waals surface area contributed by atoms with Gasteiger partial charge in [-0.1, -0.05) is 6.92 Å². The number of halogens is 2. The van der Waals surface area contributed by atoms with E-state index >= 15 is 0 Å². The summed E-state index contributed by atoms with van der Waals surface area (Å²) in [4.78, 5) is 11.5. The van der Waals surface area contributed by atoms with Gasteiger partial charge in [-0.2, -0.15) is 10.2 Å². The Balaban J connectivity index is 1.56. The molecule has 0 saturated heterocycles. The molecule has 1 aromatic carbocycles. The number of fused-ring (bicyclic) bond motifs is 3. The van der Waals surface area contributed by atoms with Crippen molar-refractivity contribution in [2.45, 2.75) is 26.3 Å². The number of rotatable bonds is 4. The molecule has 12 heteroatoms. The second-order valence-electron chi connectivity index (χ2n) is 8.27. The molecule has 1 atom stereocenters. The predicted molar refractivity (Wildman–Crippen MR) is 123 cm³/mol. The van der Waals surface area contributed by atoms with Crippen LogP contribution >= 0.6 is 0 Å². The van der Waals surface area contributed by atoms with Crippen LogP contribution in [-0.4, -0.2) is 44.7 Å². The topological polar surface area (TPSA) is 106 Å². The van der Waals surface area contributed by atoms with Gasteiger partial charge >= 0.3 is 0 Å². The Morgan fingerprint density at radius 2 is 1.94 bits per heavy atom. The number of aromatic amines is 1. The maximum atomic E-state index is 14.6. The van der Waals surface area contributed by atoms with Gasteiger partial charge in [0.1, 0.15) is 23.1 Å². The SMILES string of the molecule is CCC1c2nnc(C)n2-c2cnc(-c3cn[nH]c3-c3ccc(F)cc3F)nc2N1c1ccn(C)n1. The highest BCUT2D eigenvalue weighted by Gasteiger charge is 2.37. The van der Waals surface area contributed by atoms with Gasteiger partial charge in [-0.3, -0.25) is 19.2 Å². The van der Waals surface area contributed by atoms with Crippen molar-refractivity contribution in [2.24, 2.45) is 7.05 Å². The van der Waals surface area contributed by atoms with Crippen LogP contribution in [0.4, 0.5) is 20.4 Å². The van der Waals surface area contributed by atoms with Crippen molar-refractivity contribution in [1.82, 2.24) is 44.7 Å². The van der Waals surface area contributed by atoms with Crippen LogP contribution in [0.1, 0.15) is 31.0 Å². The number of anilines is 2. The minimum Gasteiger partial charge on any atom is -0.297 e. The first-order valence-electron chi connectivity index (χ1n) is 11.0. The highest BCUT2D eigenvalue weighted by molar-refractivity contribution is 5.79. The molecule has 0 amide bonds. The fourth-order valence-corrected chi connectivity index (χ4v) is 4.50. The molecule has 5 heterocycles. The second kappa shape index (κ2) is 7.79. The monoisotopic (exact) mass is 474 g/mol. The maximum absolute atomic E-state index is 14.6. The van der Waals surface area contributed by atoms with E-state index in [0.29, 0.717) is 40.2 Å². The van der Waals surface area contributed by atoms with Crippen molar-refractivity contribution in [3.8, 4) is 28.3 Å². The molecule has 1 N–H and O–H groups in total. The van der Waals surface area contributed by atoms with E-state index in [1.807, 2.05) is 35.7 Å². The standard InChI is InChI=1S/C23H20F2N10/c1-4-17-23-31-29-12(2)34(23)18-11-26-21(28-22(18)35(17)19-7-8-33(3)32-19)15-10-27-30-20(15)14-6-5-13(24)9-16(14)25/h5-11,17H,4H2,1-3H3,(H,27,30). The van der Waals surface area contributed by atoms with Gasteiger partial charge in [0.05, 0.1) is 29.7 Å². The average Bonchev–Trinajstić information content (AvgIpc) is 3.58. The van der Waals surface area contributed by atoms with Crippen LogP contribution in [0.15, 0.2) is 42.9 Å². The van der Waals surface area contributed by atoms with Crippen molar-refractivity contribution >= 4 is 11.6 Å². The van der Waals surface area contributed by atoms with Crippen molar-refractivity contribution in [2.75, 3.05) is 4.90 Å². The summed E-state index contributed by atoms with van der Waals surface area (Å²) in [6, 6.07) is 5.13. The van der Waals surface area contributed by atoms with E-state index in [2.05, 4.69) is 37.4 Å². The fourth-order valence-electron chi connectivity index (χ4n) is 4.50. The van der Waals surface area contributed by atoms with Crippen LogP contribution in [0.25, 0.3) is 28.3 Å². The molecule has 0 saturated carbocycles. The maximum Gasteiger partial charge on any atom is 0.165 e. The molecular weight excluding hydrogens is 454 g/mol. The Kier molecular flexibility index (Phi) is 4.69. The summed E-state index contributed by atoms with van der Waals surface area (Å²) in [6.07, 6.45) is 5.81. The molecule has 0 radical (unpaired) electrons. The molecule has 176 valence electrons. The van der Waals surface area contributed by atoms with Crippen LogP contribution in [0.5, 0.6) is 0 Å². The number of benzene rings is 1. The summed E-state index contributed by atoms with van der Waals surface area (Å²) < 4.78 is 31.7. The van der Waals surface area contributed by atoms with Crippen LogP contribution in [0.3, 0.4) is 0 Å². The quantitative estimate of drug-likeness (QED) is 0.419. The van der Waals surface area contributed by atoms with Crippen molar-refractivity contribution in [3.63, 3.8) is 0 Å². The number of nitrogens with zero attached hydrogens (tertiary/aromatic N) is 9. The van der Waals surface area contributed by atoms with E-state index in [4.69, 9.17) is 4.98 Å². The zero-order valence-corrected chi connectivity index (χ0v) is 19.1. The predicted octanol–water partition coefficient (Wildman–Crippen LogP) is 4.04. The van der Waals surface area contributed by atoms with E-state index in [9.17, 15) is 8.78 Å². The highest BCUT2D eigenvalue weighted by atomic mass is 19.1. The lowest BCUT2D eigenvalue weighted by molar-refractivity contribution is 0.579. The Morgan fingerprint density at radius 3 is 2.69 bits per heavy atom. The van der Waals surface area contributed by atoms with Crippen LogP contribution in [0.2, 0.25) is 0 Å². The third-order valence-electron chi connectivity index (χ3n) is 6.09. The average molecular weight is 474 g/mol. The third-order valence-corrected chi connectivity index (χ3v) is 6.09. The number of hydrogen-bond acceptors (Lipinski definition) is 7. The third kappa shape index (κ3) is 3.21. The van der Waals surface area contributed by atoms with E-state index in [1.54, 1.807) is 10.9 Å². The summed E-state index contributed by atoms with van der Waals surface area (Å²) in [5, 5.41) is 20.2. The Labute approximate surface area is 198 Å². The molecular formula is C23H20F2N10. The molecule has 10 nitrogen and oxygen atoms in total. The first kappa shape index (κ1) is 21.1. The molecule has 0 spiro atoms. The Bertz CT molecular complexity index is 1570. The van der Waals surface area contributed by atoms with Crippen LogP contribution < -0.4 is 4.90 Å². The number of aromatic nitrogens is 9. The van der Waals surface area contributed by atoms with Gasteiger partial charge in [0.25, 0.3) is 0 Å². The summed E-state index contributed by atoms with van der Waals surface area (Å²) in [5.41, 5.74) is 1.72. The summed E-state index contributed by atoms with van der Waals surface area (Å²) >= 11 is 0. The molecule has 4 aromatic heterocycles. The lowest BCUT2D eigenvalue weighted by atomic mass is 10.1. The van der Waals surface area contributed by atoms with E-state index in [0.717, 1.165) is 18.3 Å². The van der Waals surface area contributed by atoms with Gasteiger partial charge in [-0.05, 0) is 25.5 Å². The first-order chi connectivity index (χ1) is 17.0. The summed E-state index contributed by atoms with van der Waals surface area (Å²) in [6.45, 7) is 3.94. The van der Waals surface area contributed by atoms with Gasteiger partial charge in [-0.25, -0.2) is 18.7 Å². The largest absolute Gasteiger partial charge is 0.297 e. The highest BCUT2D eigenvalue weighted by Crippen LogP contribution is 2.43. The van der Waals surface area contributed by atoms with E-state index in [-0.39, 0.29) is 11.6 Å². The Morgan fingerprint density at radius 1 is 1.09 bits per heavy atom. The second-order valence-corrected chi connectivity index (χ2v) is 8.27. The molecule has 1 aliphatic heterocycles. The summed E-state index contributed by atoms with van der Waals surface area (Å²) in [5.74, 6) is 1.78. The molecule has 5 aromatic rings. The zero-order chi connectivity index (χ0) is 24.3. The van der Waals surface area contributed by atoms with Gasteiger partial charge in [-0.15, -0.1) is 10.2 Å². The molecule has 0 fully saturated rings. The molecule has 0 bridgehead atoms. The molecule has 6 rings (SSSR count). The number of aryl methyl sites for hydroxylation is 2. The van der Waals surface area contributed by atoms with Crippen molar-refractivity contribution in [1.29, 1.82) is 0 Å². The van der Waals surface area contributed by atoms with Gasteiger partial charge in [0.2, 0.25) is 0 Å². The zero-order valence-electron chi connectivity index (χ0n) is 19.1. The minimum absolute atomic E-state index is 0.167. The minimum atomic E-state index is -0.709. The molecule has 1 aliphatic rings. The van der Waals surface area contributed by atoms with Gasteiger partial charge in [0, 0.05) is 30.9 Å². The number of H-pyrrole nitrogens is 1.